The van der Waals surface area contributed by atoms with E-state index in [0.717, 1.165) is 96.0 Å². The van der Waals surface area contributed by atoms with Crippen LogP contribution in [0.3, 0.4) is 0 Å². The van der Waals surface area contributed by atoms with E-state index < -0.39 is 5.97 Å². The first-order valence-corrected chi connectivity index (χ1v) is 24.6. The van der Waals surface area contributed by atoms with Crippen molar-refractivity contribution < 1.29 is 48.2 Å². The highest BCUT2D eigenvalue weighted by molar-refractivity contribution is 8.03. The van der Waals surface area contributed by atoms with Gasteiger partial charge in [0.05, 0.1) is 22.0 Å². The molecular formula is C52H44N3O9S4-. The van der Waals surface area contributed by atoms with Gasteiger partial charge in [0.15, 0.2) is 12.3 Å². The first kappa shape index (κ1) is 49.9. The summed E-state index contributed by atoms with van der Waals surface area (Å²) in [6.07, 6.45) is 18.9. The first-order chi connectivity index (χ1) is 33.2. The minimum Gasteiger partial charge on any atom is -0.691 e. The van der Waals surface area contributed by atoms with Crippen molar-refractivity contribution in [2.24, 2.45) is 0 Å². The summed E-state index contributed by atoms with van der Waals surface area (Å²) in [5.41, 5.74) is 8.00. The normalized spacial score (nSPS) is 15.2. The number of benzene rings is 4. The Bertz CT molecular complexity index is 2880. The molecule has 5 aromatic rings. The maximum atomic E-state index is 13.1. The monoisotopic (exact) mass is 982 g/mol. The number of hydrogen-bond donors (Lipinski definition) is 0. The number of para-hydroxylation sites is 2. The molecule has 0 N–H and O–H groups in total. The van der Waals surface area contributed by atoms with Gasteiger partial charge in [0, 0.05) is 93.4 Å². The molecule has 2 unspecified atom stereocenters. The second kappa shape index (κ2) is 24.8. The number of aromatic nitrogens is 1. The zero-order valence-electron chi connectivity index (χ0n) is 37.2. The number of nitrogens with zero attached hydrogens (tertiary/aromatic N) is 3. The maximum absolute atomic E-state index is 13.1. The van der Waals surface area contributed by atoms with Gasteiger partial charge in [-0.15, -0.1) is 6.42 Å². The highest BCUT2D eigenvalue weighted by Crippen LogP contribution is 2.48. The van der Waals surface area contributed by atoms with Crippen LogP contribution in [0.15, 0.2) is 142 Å². The largest absolute Gasteiger partial charge is 0.691 e. The molecule has 2 atom stereocenters. The molecule has 346 valence electrons. The zero-order valence-corrected chi connectivity index (χ0v) is 40.4. The summed E-state index contributed by atoms with van der Waals surface area (Å²) in [6, 6.07) is 31.8. The van der Waals surface area contributed by atoms with Crippen molar-refractivity contribution in [3.05, 3.63) is 153 Å². The number of carbonyl (C=O) groups is 2. The average molecular weight is 983 g/mol. The third-order valence-electron chi connectivity index (χ3n) is 10.9. The van der Waals surface area contributed by atoms with Crippen molar-refractivity contribution >= 4 is 92.3 Å². The van der Waals surface area contributed by atoms with Gasteiger partial charge in [0.25, 0.3) is 5.01 Å². The predicted octanol–water partition coefficient (Wildman–Crippen LogP) is 9.73. The molecule has 7 rings (SSSR count). The van der Waals surface area contributed by atoms with E-state index >= 15 is 0 Å². The lowest BCUT2D eigenvalue weighted by Gasteiger charge is -2.28. The number of fused-ring (bicyclic) bond motifs is 2. The fourth-order valence-electron chi connectivity index (χ4n) is 7.59. The number of aryl methyl sites for hydroxylation is 1. The quantitative estimate of drug-likeness (QED) is 0.0139. The van der Waals surface area contributed by atoms with E-state index in [9.17, 15) is 20.1 Å². The van der Waals surface area contributed by atoms with Gasteiger partial charge in [-0.1, -0.05) is 85.5 Å². The lowest BCUT2D eigenvalue weighted by Crippen LogP contribution is -2.36. The topological polar surface area (TPSA) is 137 Å². The van der Waals surface area contributed by atoms with Crippen LogP contribution in [0.25, 0.3) is 16.3 Å². The minimum atomic E-state index is -0.628. The molecule has 2 aliphatic rings. The number of thioether (sulfide) groups is 1. The Hall–Kier alpha value is -6.04. The third-order valence-corrected chi connectivity index (χ3v) is 14.5. The molecule has 0 saturated carbocycles. The van der Waals surface area contributed by atoms with Crippen LogP contribution >= 0.6 is 47.2 Å². The summed E-state index contributed by atoms with van der Waals surface area (Å²) in [6.45, 7) is 6.60. The van der Waals surface area contributed by atoms with Gasteiger partial charge in [-0.05, 0) is 110 Å². The SMILES string of the molecule is C#CC#CC#COC(=O)c1ccc2sc(/C=C/C3=C(N(c4ccccc4)c4ccccc4)C(=C/C=C4\Sc5ccc(C(C)=O)cc5N4CCC(C)SOO[O-])CC3)[n+](CCC(C)SOO[O-])c2c1. The summed E-state index contributed by atoms with van der Waals surface area (Å²) in [5.74, 6) is 8.72. The number of anilines is 3. The number of thiazole rings is 1. The lowest BCUT2D eigenvalue weighted by atomic mass is 10.1. The Morgan fingerprint density at radius 2 is 1.54 bits per heavy atom. The molecule has 1 aliphatic carbocycles. The van der Waals surface area contributed by atoms with Gasteiger partial charge >= 0.3 is 5.97 Å². The van der Waals surface area contributed by atoms with Crippen LogP contribution in [0, 0.1) is 36.2 Å². The van der Waals surface area contributed by atoms with Crippen LogP contribution in [0.2, 0.25) is 0 Å². The number of esters is 1. The number of hydrogen-bond acceptors (Lipinski definition) is 15. The molecule has 12 nitrogen and oxygen atoms in total. The van der Waals surface area contributed by atoms with Gasteiger partial charge in [0.1, 0.15) is 10.8 Å². The van der Waals surface area contributed by atoms with Gasteiger partial charge in [0.2, 0.25) is 5.52 Å². The van der Waals surface area contributed by atoms with Crippen molar-refractivity contribution in [1.82, 2.24) is 0 Å². The van der Waals surface area contributed by atoms with Gasteiger partial charge in [-0.25, -0.2) is 4.79 Å². The lowest BCUT2D eigenvalue weighted by molar-refractivity contribution is -0.777. The van der Waals surface area contributed by atoms with E-state index in [-0.39, 0.29) is 16.3 Å². The molecule has 0 spiro atoms. The number of allylic oxidation sites excluding steroid dienone is 5. The maximum Gasteiger partial charge on any atom is 0.352 e. The molecule has 1 aromatic heterocycles. The van der Waals surface area contributed by atoms with E-state index in [2.05, 4.69) is 111 Å². The van der Waals surface area contributed by atoms with E-state index in [1.165, 1.54) is 0 Å². The summed E-state index contributed by atoms with van der Waals surface area (Å²) in [4.78, 5) is 31.1. The van der Waals surface area contributed by atoms with Crippen molar-refractivity contribution in [3.8, 4) is 36.2 Å². The van der Waals surface area contributed by atoms with E-state index in [1.807, 2.05) is 74.5 Å². The predicted molar refractivity (Wildman–Crippen MR) is 266 cm³/mol. The highest BCUT2D eigenvalue weighted by Gasteiger charge is 2.30. The molecule has 0 fully saturated rings. The summed E-state index contributed by atoms with van der Waals surface area (Å²) in [7, 11) is 0. The van der Waals surface area contributed by atoms with Crippen LogP contribution in [0.4, 0.5) is 17.1 Å². The molecule has 0 saturated heterocycles. The molecule has 0 radical (unpaired) electrons. The summed E-state index contributed by atoms with van der Waals surface area (Å²) in [5, 5.41) is 30.2. The Kier molecular flexibility index (Phi) is 18.2. The molecular weight excluding hydrogens is 939 g/mol. The van der Waals surface area contributed by atoms with Gasteiger partial charge in [-0.3, -0.25) is 14.9 Å². The van der Waals surface area contributed by atoms with Crippen LogP contribution in [0.5, 0.6) is 0 Å². The standard InChI is InChI=1S/C52H45N3O9S4/c1-5-6-7-14-33-60-52(57)42-22-26-48-46(35-42)54(32-30-37(3)68-64-62-59)50(66-48)28-24-40-20-19-39(51(40)55(43-15-10-8-11-16-43)44-17-12-9-13-18-44)23-27-49-53(31-29-36(2)67-63-61-58)45-34-41(38(4)56)21-25-47(45)65-49/h1,8-13,15-18,21-28,34-37H,19-20,29-32H2,2-4H3,(H-,58,59)/p-1. The minimum absolute atomic E-state index is 0.0138. The second-order valence-electron chi connectivity index (χ2n) is 15.4. The number of carbonyl (C=O) groups excluding carboxylic acids is 2. The Morgan fingerprint density at radius 1 is 0.853 bits per heavy atom. The molecule has 2 heterocycles. The third kappa shape index (κ3) is 12.7. The van der Waals surface area contributed by atoms with Crippen LogP contribution in [-0.4, -0.2) is 28.8 Å². The number of ether oxygens (including phenoxy) is 1. The molecule has 1 aliphatic heterocycles. The number of Topliss-reactive ketones (excluding diaryl/α,β-unsaturated/α-hetero) is 1. The van der Waals surface area contributed by atoms with Gasteiger partial charge in [-0.2, -0.15) is 13.2 Å². The molecule has 0 bridgehead atoms. The zero-order chi connectivity index (χ0) is 47.8. The van der Waals surface area contributed by atoms with Crippen molar-refractivity contribution in [2.45, 2.75) is 68.4 Å². The molecule has 16 heteroatoms. The number of ketones is 1. The Balaban J connectivity index is 1.32. The van der Waals surface area contributed by atoms with Crippen LogP contribution < -0.4 is 24.9 Å². The molecule has 0 amide bonds. The first-order valence-electron chi connectivity index (χ1n) is 21.4. The number of terminal acetylenes is 1. The van der Waals surface area contributed by atoms with E-state index in [0.29, 0.717) is 37.1 Å². The summed E-state index contributed by atoms with van der Waals surface area (Å²) < 4.78 is 17.5. The Morgan fingerprint density at radius 3 is 2.22 bits per heavy atom. The average Bonchev–Trinajstić information content (AvgIpc) is 4.04. The molecule has 4 aromatic carbocycles. The Labute approximate surface area is 412 Å². The smallest absolute Gasteiger partial charge is 0.352 e. The van der Waals surface area contributed by atoms with Crippen molar-refractivity contribution in [3.63, 3.8) is 0 Å². The second-order valence-corrected chi connectivity index (χ2v) is 19.7. The fraction of sp³-hybridized carbons (Fsp3) is 0.212. The summed E-state index contributed by atoms with van der Waals surface area (Å²) >= 11 is 5.16. The van der Waals surface area contributed by atoms with Crippen molar-refractivity contribution in [1.29, 1.82) is 0 Å². The fourth-order valence-corrected chi connectivity index (χ4v) is 10.5. The molecule has 68 heavy (non-hydrogen) atoms. The van der Waals surface area contributed by atoms with Crippen molar-refractivity contribution in [2.75, 3.05) is 16.3 Å². The number of rotatable bonds is 20. The van der Waals surface area contributed by atoms with Gasteiger partial charge < -0.3 is 25.1 Å². The van der Waals surface area contributed by atoms with E-state index in [4.69, 9.17) is 11.2 Å². The van der Waals surface area contributed by atoms with E-state index in [1.54, 1.807) is 42.2 Å². The van der Waals surface area contributed by atoms with Crippen LogP contribution in [0.1, 0.15) is 72.2 Å². The van der Waals surface area contributed by atoms with Crippen LogP contribution in [-0.2, 0) is 30.0 Å². The highest BCUT2D eigenvalue weighted by atomic mass is 32.2.